The quantitative estimate of drug-likeness (QED) is 0.587. The van der Waals surface area contributed by atoms with Gasteiger partial charge in [-0.15, -0.1) is 0 Å². The second kappa shape index (κ2) is 9.06. The van der Waals surface area contributed by atoms with Crippen LogP contribution in [0.1, 0.15) is 5.69 Å². The molecule has 0 atom stereocenters. The number of aromatic nitrogens is 1. The summed E-state index contributed by atoms with van der Waals surface area (Å²) in [6.07, 6.45) is 2.57. The Morgan fingerprint density at radius 2 is 1.35 bits per heavy atom. The molecule has 1 heterocycles. The first-order chi connectivity index (χ1) is 12.8. The predicted octanol–water partition coefficient (Wildman–Crippen LogP) is 2.46. The smallest absolute Gasteiger partial charge is 0.361 e. The van der Waals surface area contributed by atoms with Crippen LogP contribution >= 0.6 is 0 Å². The number of pyridine rings is 1. The van der Waals surface area contributed by atoms with Gasteiger partial charge in [-0.05, 0) is 47.3 Å². The normalized spacial score (nSPS) is 10.4. The summed E-state index contributed by atoms with van der Waals surface area (Å²) in [5, 5.41) is 0. The molecule has 2 aromatic carbocycles. The van der Waals surface area contributed by atoms with E-state index in [2.05, 4.69) is 4.98 Å². The summed E-state index contributed by atoms with van der Waals surface area (Å²) in [6, 6.07) is 21.9. The molecular formula is C21H22BNO3. The molecule has 0 bridgehead atoms. The van der Waals surface area contributed by atoms with Crippen molar-refractivity contribution in [2.75, 3.05) is 20.8 Å². The van der Waals surface area contributed by atoms with E-state index in [9.17, 15) is 0 Å². The molecule has 0 amide bonds. The third-order valence-corrected chi connectivity index (χ3v) is 4.21. The van der Waals surface area contributed by atoms with E-state index in [1.807, 2.05) is 66.7 Å². The maximum atomic E-state index is 6.24. The maximum Gasteiger partial charge on any atom is 0.361 e. The Hall–Kier alpha value is -2.79. The van der Waals surface area contributed by atoms with Crippen LogP contribution in [0, 0.1) is 0 Å². The second-order valence-electron chi connectivity index (χ2n) is 5.87. The molecule has 132 valence electrons. The summed E-state index contributed by atoms with van der Waals surface area (Å²) < 4.78 is 16.8. The van der Waals surface area contributed by atoms with E-state index < -0.39 is 0 Å². The van der Waals surface area contributed by atoms with Crippen LogP contribution in [-0.4, -0.2) is 32.7 Å². The molecule has 1 aromatic heterocycles. The van der Waals surface area contributed by atoms with E-state index in [0.29, 0.717) is 6.61 Å². The number of hydrogen-bond acceptors (Lipinski definition) is 4. The van der Waals surface area contributed by atoms with Crippen molar-refractivity contribution in [1.82, 2.24) is 4.98 Å². The van der Waals surface area contributed by atoms with Crippen molar-refractivity contribution in [2.24, 2.45) is 0 Å². The van der Waals surface area contributed by atoms with E-state index in [1.165, 1.54) is 0 Å². The van der Waals surface area contributed by atoms with Crippen molar-refractivity contribution in [2.45, 2.75) is 6.42 Å². The zero-order chi connectivity index (χ0) is 18.2. The van der Waals surface area contributed by atoms with Gasteiger partial charge in [0.05, 0.1) is 14.2 Å². The second-order valence-corrected chi connectivity index (χ2v) is 5.87. The summed E-state index contributed by atoms with van der Waals surface area (Å²) in [5.74, 6) is 1.66. The Labute approximate surface area is 154 Å². The number of nitrogens with zero attached hydrogens (tertiary/aromatic N) is 1. The maximum absolute atomic E-state index is 6.24. The molecular weight excluding hydrogens is 325 g/mol. The zero-order valence-corrected chi connectivity index (χ0v) is 15.1. The molecule has 0 fully saturated rings. The standard InChI is InChI=1S/C21H22BNO3/c1-24-20-10-6-17(7-11-20)22(18-8-12-21(25-2)13-9-18)26-16-14-19-5-3-4-15-23-19/h3-13,15H,14,16H2,1-2H3. The lowest BCUT2D eigenvalue weighted by molar-refractivity contribution is 0.336. The monoisotopic (exact) mass is 347 g/mol. The topological polar surface area (TPSA) is 40.6 Å². The first-order valence-electron chi connectivity index (χ1n) is 8.59. The van der Waals surface area contributed by atoms with Gasteiger partial charge in [0.1, 0.15) is 11.5 Å². The van der Waals surface area contributed by atoms with Gasteiger partial charge < -0.3 is 14.1 Å². The van der Waals surface area contributed by atoms with Gasteiger partial charge in [0.25, 0.3) is 0 Å². The molecule has 4 nitrogen and oxygen atoms in total. The third-order valence-electron chi connectivity index (χ3n) is 4.21. The highest BCUT2D eigenvalue weighted by molar-refractivity contribution is 6.80. The van der Waals surface area contributed by atoms with Gasteiger partial charge in [-0.1, -0.05) is 30.3 Å². The lowest BCUT2D eigenvalue weighted by atomic mass is 9.55. The minimum Gasteiger partial charge on any atom is -0.497 e. The highest BCUT2D eigenvalue weighted by Gasteiger charge is 2.21. The van der Waals surface area contributed by atoms with E-state index in [0.717, 1.165) is 34.5 Å². The van der Waals surface area contributed by atoms with Gasteiger partial charge in [0, 0.05) is 24.9 Å². The molecule has 0 spiro atoms. The van der Waals surface area contributed by atoms with Gasteiger partial charge in [-0.2, -0.15) is 0 Å². The number of hydrogen-bond donors (Lipinski definition) is 0. The Morgan fingerprint density at radius 3 is 1.81 bits per heavy atom. The SMILES string of the molecule is COc1ccc(B(OCCc2ccccn2)c2ccc(OC)cc2)cc1. The van der Waals surface area contributed by atoms with Gasteiger partial charge >= 0.3 is 6.92 Å². The summed E-state index contributed by atoms with van der Waals surface area (Å²) in [7, 11) is 3.33. The first-order valence-corrected chi connectivity index (χ1v) is 8.59. The lowest BCUT2D eigenvalue weighted by Crippen LogP contribution is -2.45. The highest BCUT2D eigenvalue weighted by atomic mass is 16.5. The fourth-order valence-electron chi connectivity index (χ4n) is 2.77. The molecule has 0 saturated carbocycles. The van der Waals surface area contributed by atoms with E-state index in [1.54, 1.807) is 20.4 Å². The van der Waals surface area contributed by atoms with Crippen molar-refractivity contribution in [1.29, 1.82) is 0 Å². The molecule has 3 aromatic rings. The van der Waals surface area contributed by atoms with Crippen LogP contribution < -0.4 is 20.4 Å². The van der Waals surface area contributed by atoms with Gasteiger partial charge in [-0.3, -0.25) is 4.98 Å². The average Bonchev–Trinajstić information content (AvgIpc) is 2.72. The number of methoxy groups -OCH3 is 2. The molecule has 0 N–H and O–H groups in total. The largest absolute Gasteiger partial charge is 0.497 e. The Kier molecular flexibility index (Phi) is 6.28. The van der Waals surface area contributed by atoms with Crippen LogP contribution in [0.2, 0.25) is 0 Å². The van der Waals surface area contributed by atoms with E-state index in [-0.39, 0.29) is 6.92 Å². The van der Waals surface area contributed by atoms with Crippen LogP contribution in [0.25, 0.3) is 0 Å². The van der Waals surface area contributed by atoms with Gasteiger partial charge in [-0.25, -0.2) is 0 Å². The van der Waals surface area contributed by atoms with E-state index in [4.69, 9.17) is 14.1 Å². The number of rotatable bonds is 8. The molecule has 0 aliphatic heterocycles. The summed E-state index contributed by atoms with van der Waals surface area (Å²) >= 11 is 0. The van der Waals surface area contributed by atoms with Crippen molar-refractivity contribution >= 4 is 17.8 Å². The lowest BCUT2D eigenvalue weighted by Gasteiger charge is -2.16. The fourth-order valence-corrected chi connectivity index (χ4v) is 2.77. The molecule has 26 heavy (non-hydrogen) atoms. The zero-order valence-electron chi connectivity index (χ0n) is 15.1. The predicted molar refractivity (Wildman–Crippen MR) is 105 cm³/mol. The van der Waals surface area contributed by atoms with Crippen LogP contribution in [0.3, 0.4) is 0 Å². The minimum absolute atomic E-state index is 0.157. The average molecular weight is 347 g/mol. The Morgan fingerprint density at radius 1 is 0.769 bits per heavy atom. The van der Waals surface area contributed by atoms with Crippen LogP contribution in [-0.2, 0) is 11.1 Å². The molecule has 0 saturated heterocycles. The molecule has 5 heteroatoms. The Balaban J connectivity index is 1.77. The van der Waals surface area contributed by atoms with Crippen LogP contribution in [0.15, 0.2) is 72.9 Å². The molecule has 0 unspecified atom stereocenters. The number of ether oxygens (including phenoxy) is 2. The van der Waals surface area contributed by atoms with Crippen molar-refractivity contribution in [3.8, 4) is 11.5 Å². The summed E-state index contributed by atoms with van der Waals surface area (Å²) in [5.41, 5.74) is 3.18. The summed E-state index contributed by atoms with van der Waals surface area (Å²) in [4.78, 5) is 4.35. The highest BCUT2D eigenvalue weighted by Crippen LogP contribution is 2.09. The number of benzene rings is 2. The van der Waals surface area contributed by atoms with Crippen LogP contribution in [0.4, 0.5) is 0 Å². The molecule has 0 radical (unpaired) electrons. The molecule has 0 aliphatic carbocycles. The summed E-state index contributed by atoms with van der Waals surface area (Å²) in [6.45, 7) is 0.426. The molecule has 0 aliphatic rings. The fraction of sp³-hybridized carbons (Fsp3) is 0.190. The van der Waals surface area contributed by atoms with Crippen molar-refractivity contribution in [3.05, 3.63) is 78.6 Å². The van der Waals surface area contributed by atoms with E-state index >= 15 is 0 Å². The minimum atomic E-state index is -0.157. The first kappa shape index (κ1) is 18.0. The van der Waals surface area contributed by atoms with Crippen molar-refractivity contribution in [3.63, 3.8) is 0 Å². The van der Waals surface area contributed by atoms with Crippen molar-refractivity contribution < 1.29 is 14.1 Å². The Bertz CT molecular complexity index is 744. The molecule has 3 rings (SSSR count). The van der Waals surface area contributed by atoms with Gasteiger partial charge in [0.15, 0.2) is 0 Å². The van der Waals surface area contributed by atoms with Crippen LogP contribution in [0.5, 0.6) is 11.5 Å². The van der Waals surface area contributed by atoms with Gasteiger partial charge in [0.2, 0.25) is 0 Å². The third kappa shape index (κ3) is 4.64.